The Kier molecular flexibility index (Phi) is 8.76. The molecular formula is C26H20F10O. The molecule has 0 saturated carbocycles. The smallest absolute Gasteiger partial charge is 0.430 e. The van der Waals surface area contributed by atoms with Gasteiger partial charge in [-0.1, -0.05) is 30.7 Å². The van der Waals surface area contributed by atoms with Gasteiger partial charge in [0, 0.05) is 5.56 Å². The van der Waals surface area contributed by atoms with Crippen LogP contribution in [0.2, 0.25) is 0 Å². The molecule has 0 spiro atoms. The maximum absolute atomic E-state index is 14.8. The molecule has 0 amide bonds. The first-order chi connectivity index (χ1) is 17.3. The van der Waals surface area contributed by atoms with E-state index in [1.165, 1.54) is 12.1 Å². The summed E-state index contributed by atoms with van der Waals surface area (Å²) in [6.07, 6.45) is -13.8. The van der Waals surface area contributed by atoms with Gasteiger partial charge in [0.25, 0.3) is 6.17 Å². The van der Waals surface area contributed by atoms with E-state index in [0.717, 1.165) is 42.5 Å². The minimum atomic E-state index is -5.84. The number of hydrogen-bond donors (Lipinski definition) is 0. The first-order valence-electron chi connectivity index (χ1n) is 11.1. The predicted octanol–water partition coefficient (Wildman–Crippen LogP) is 8.99. The number of benzene rings is 3. The molecule has 37 heavy (non-hydrogen) atoms. The molecule has 3 aromatic carbocycles. The number of rotatable bonds is 10. The minimum absolute atomic E-state index is 0.0805. The first-order valence-corrected chi connectivity index (χ1v) is 11.1. The van der Waals surface area contributed by atoms with Gasteiger partial charge in [-0.25, -0.2) is 17.6 Å². The highest BCUT2D eigenvalue weighted by atomic mass is 19.4. The monoisotopic (exact) mass is 538 g/mol. The van der Waals surface area contributed by atoms with Gasteiger partial charge < -0.3 is 4.74 Å². The summed E-state index contributed by atoms with van der Waals surface area (Å²) in [6.45, 7) is -0.474. The van der Waals surface area contributed by atoms with Crippen LogP contribution in [0.4, 0.5) is 43.9 Å². The van der Waals surface area contributed by atoms with Gasteiger partial charge in [-0.05, 0) is 66.3 Å². The Labute approximate surface area is 205 Å². The Bertz CT molecular complexity index is 1180. The molecule has 3 rings (SSSR count). The predicted molar refractivity (Wildman–Crippen MR) is 117 cm³/mol. The van der Waals surface area contributed by atoms with Gasteiger partial charge in [-0.3, -0.25) is 4.39 Å². The third-order valence-corrected chi connectivity index (χ3v) is 5.46. The van der Waals surface area contributed by atoms with Crippen molar-refractivity contribution in [2.75, 3.05) is 6.67 Å². The lowest BCUT2D eigenvalue weighted by molar-refractivity contribution is -0.304. The molecular weight excluding hydrogens is 518 g/mol. The number of alkyl halides is 7. The van der Waals surface area contributed by atoms with Crippen LogP contribution in [0.1, 0.15) is 24.8 Å². The molecule has 0 saturated heterocycles. The molecule has 0 fully saturated rings. The third-order valence-electron chi connectivity index (χ3n) is 5.46. The summed E-state index contributed by atoms with van der Waals surface area (Å²) < 4.78 is 137. The topological polar surface area (TPSA) is 9.23 Å². The molecule has 0 aliphatic carbocycles. The molecule has 0 N–H and O–H groups in total. The van der Waals surface area contributed by atoms with Crippen LogP contribution in [0.15, 0.2) is 54.6 Å². The highest BCUT2D eigenvalue weighted by Crippen LogP contribution is 2.37. The summed E-state index contributed by atoms with van der Waals surface area (Å²) in [5.74, 6) is -3.56. The maximum atomic E-state index is 14.8. The number of ether oxygens (including phenoxy) is 1. The van der Waals surface area contributed by atoms with Gasteiger partial charge in [0.05, 0.1) is 12.2 Å². The van der Waals surface area contributed by atoms with Gasteiger partial charge in [0.15, 0.2) is 0 Å². The van der Waals surface area contributed by atoms with E-state index in [1.807, 2.05) is 0 Å². The average Bonchev–Trinajstić information content (AvgIpc) is 2.81. The highest BCUT2D eigenvalue weighted by Gasteiger charge is 2.59. The minimum Gasteiger partial charge on any atom is -0.430 e. The highest BCUT2D eigenvalue weighted by molar-refractivity contribution is 5.72. The Morgan fingerprint density at radius 1 is 0.703 bits per heavy atom. The fourth-order valence-corrected chi connectivity index (χ4v) is 3.65. The van der Waals surface area contributed by atoms with E-state index in [-0.39, 0.29) is 16.7 Å². The van der Waals surface area contributed by atoms with E-state index in [2.05, 4.69) is 4.74 Å². The van der Waals surface area contributed by atoms with Gasteiger partial charge in [0.2, 0.25) is 0 Å². The van der Waals surface area contributed by atoms with Crippen molar-refractivity contribution in [3.63, 3.8) is 0 Å². The summed E-state index contributed by atoms with van der Waals surface area (Å²) in [5, 5.41) is 0. The zero-order valence-corrected chi connectivity index (χ0v) is 19.0. The fourth-order valence-electron chi connectivity index (χ4n) is 3.65. The van der Waals surface area contributed by atoms with Crippen LogP contribution >= 0.6 is 0 Å². The van der Waals surface area contributed by atoms with Gasteiger partial charge in [-0.2, -0.15) is 22.0 Å². The number of hydrogen-bond acceptors (Lipinski definition) is 1. The van der Waals surface area contributed by atoms with Crippen LogP contribution in [-0.2, 0) is 6.42 Å². The van der Waals surface area contributed by atoms with Crippen molar-refractivity contribution < 1.29 is 48.6 Å². The molecule has 1 unspecified atom stereocenters. The van der Waals surface area contributed by atoms with Crippen LogP contribution in [-0.4, -0.2) is 25.1 Å². The Hall–Kier alpha value is -3.24. The lowest BCUT2D eigenvalue weighted by Crippen LogP contribution is -2.45. The second-order valence-corrected chi connectivity index (χ2v) is 8.22. The molecule has 11 heteroatoms. The molecule has 200 valence electrons. The van der Waals surface area contributed by atoms with Crippen molar-refractivity contribution in [2.24, 2.45) is 0 Å². The Morgan fingerprint density at radius 2 is 1.30 bits per heavy atom. The Balaban J connectivity index is 1.78. The number of halogens is 10. The summed E-state index contributed by atoms with van der Waals surface area (Å²) in [7, 11) is 0. The van der Waals surface area contributed by atoms with E-state index in [9.17, 15) is 43.9 Å². The molecule has 1 nitrogen and oxygen atoms in total. The number of aryl methyl sites for hydroxylation is 1. The molecule has 0 heterocycles. The normalized spacial score (nSPS) is 13.0. The Morgan fingerprint density at radius 3 is 1.84 bits per heavy atom. The van der Waals surface area contributed by atoms with Crippen molar-refractivity contribution in [1.29, 1.82) is 0 Å². The van der Waals surface area contributed by atoms with Crippen LogP contribution in [0.3, 0.4) is 0 Å². The van der Waals surface area contributed by atoms with E-state index in [4.69, 9.17) is 0 Å². The zero-order valence-electron chi connectivity index (χ0n) is 19.0. The summed E-state index contributed by atoms with van der Waals surface area (Å²) in [5.41, 5.74) is -0.227. The van der Waals surface area contributed by atoms with Crippen molar-refractivity contribution in [3.8, 4) is 28.0 Å². The van der Waals surface area contributed by atoms with Crippen LogP contribution < -0.4 is 4.74 Å². The molecule has 0 bridgehead atoms. The summed E-state index contributed by atoms with van der Waals surface area (Å²) in [4.78, 5) is 0. The van der Waals surface area contributed by atoms with Gasteiger partial charge >= 0.3 is 12.3 Å². The fraction of sp³-hybridized carbons (Fsp3) is 0.308. The number of unbranched alkanes of at least 4 members (excludes halogenated alkanes) is 2. The van der Waals surface area contributed by atoms with E-state index < -0.39 is 53.9 Å². The average molecular weight is 538 g/mol. The van der Waals surface area contributed by atoms with E-state index >= 15 is 0 Å². The molecule has 0 aliphatic rings. The quantitative estimate of drug-likeness (QED) is 0.185. The first kappa shape index (κ1) is 28.3. The third kappa shape index (κ3) is 6.95. The summed E-state index contributed by atoms with van der Waals surface area (Å²) in [6, 6.07) is 9.21. The lowest BCUT2D eigenvalue weighted by Gasteiger charge is -2.23. The second-order valence-electron chi connectivity index (χ2n) is 8.22. The molecule has 3 aromatic rings. The largest absolute Gasteiger partial charge is 0.439 e. The standard InChI is InChI=1S/C26H20F10O/c27-11-3-1-2-4-15-12-21(29)23(22(30)13-15)17-7-10-19(20(28)14-17)16-5-8-18(9-6-16)37-26(35,36)24(31)25(32,33)34/h5-10,12-14,24H,1-4,11H2. The van der Waals surface area contributed by atoms with Crippen molar-refractivity contribution in [2.45, 2.75) is 44.1 Å². The summed E-state index contributed by atoms with van der Waals surface area (Å²) >= 11 is 0. The zero-order chi connectivity index (χ0) is 27.4. The molecule has 0 radical (unpaired) electrons. The molecule has 1 atom stereocenters. The van der Waals surface area contributed by atoms with Gasteiger partial charge in [0.1, 0.15) is 23.2 Å². The molecule has 0 aliphatic heterocycles. The van der Waals surface area contributed by atoms with Crippen molar-refractivity contribution in [1.82, 2.24) is 0 Å². The van der Waals surface area contributed by atoms with Crippen molar-refractivity contribution >= 4 is 0 Å². The van der Waals surface area contributed by atoms with Crippen molar-refractivity contribution in [3.05, 3.63) is 77.6 Å². The maximum Gasteiger partial charge on any atom is 0.439 e. The van der Waals surface area contributed by atoms with Gasteiger partial charge in [-0.15, -0.1) is 0 Å². The van der Waals surface area contributed by atoms with Crippen LogP contribution in [0.5, 0.6) is 5.75 Å². The van der Waals surface area contributed by atoms with E-state index in [0.29, 0.717) is 31.2 Å². The van der Waals surface area contributed by atoms with E-state index in [1.54, 1.807) is 0 Å². The second kappa shape index (κ2) is 11.4. The SMILES string of the molecule is FCCCCCc1cc(F)c(-c2ccc(-c3ccc(OC(F)(F)C(F)C(F)(F)F)cc3)c(F)c2)c(F)c1. The molecule has 0 aromatic heterocycles. The van der Waals surface area contributed by atoms with Crippen LogP contribution in [0.25, 0.3) is 22.3 Å². The van der Waals surface area contributed by atoms with Crippen LogP contribution in [0, 0.1) is 17.5 Å². The lowest BCUT2D eigenvalue weighted by atomic mass is 9.97.